The van der Waals surface area contributed by atoms with Gasteiger partial charge in [-0.05, 0) is 12.5 Å². The number of hydrogen-bond donors (Lipinski definition) is 2. The second-order valence-electron chi connectivity index (χ2n) is 3.36. The van der Waals surface area contributed by atoms with E-state index in [9.17, 15) is 9.50 Å². The van der Waals surface area contributed by atoms with Crippen LogP contribution >= 0.6 is 12.4 Å². The Hall–Kier alpha value is -0.840. The Labute approximate surface area is 101 Å². The lowest BCUT2D eigenvalue weighted by atomic mass is 9.99. The van der Waals surface area contributed by atoms with E-state index in [0.29, 0.717) is 12.0 Å². The van der Waals surface area contributed by atoms with Crippen molar-refractivity contribution in [2.24, 2.45) is 5.73 Å². The highest BCUT2D eigenvalue weighted by atomic mass is 35.5. The maximum absolute atomic E-state index is 13.3. The summed E-state index contributed by atoms with van der Waals surface area (Å²) in [6.45, 7) is 1.82. The molecule has 1 aromatic carbocycles. The third-order valence-electron chi connectivity index (χ3n) is 2.39. The Morgan fingerprint density at radius 2 is 2.12 bits per heavy atom. The molecule has 0 bridgehead atoms. The number of nitrogens with two attached hydrogens (primary N) is 1. The average molecular weight is 250 g/mol. The first-order chi connectivity index (χ1) is 7.11. The Morgan fingerprint density at radius 3 is 2.62 bits per heavy atom. The topological polar surface area (TPSA) is 55.5 Å². The molecular weight excluding hydrogens is 233 g/mol. The van der Waals surface area contributed by atoms with Gasteiger partial charge < -0.3 is 15.6 Å². The number of aliphatic hydroxyl groups is 1. The molecule has 0 spiro atoms. The van der Waals surface area contributed by atoms with E-state index in [2.05, 4.69) is 0 Å². The van der Waals surface area contributed by atoms with Crippen LogP contribution in [0.4, 0.5) is 4.39 Å². The standard InChI is InChI=1S/C11H16FNO2.ClH/c1-3-9(14)10(13)7-5-4-6-8(12)11(7)15-2;/h4-6,9-10,14H,3,13H2,1-2H3;1H/t9-,10+;/m1./s1. The molecular formula is C11H17ClFNO2. The number of para-hydroxylation sites is 1. The van der Waals surface area contributed by atoms with Gasteiger partial charge in [-0.25, -0.2) is 4.39 Å². The number of rotatable bonds is 4. The van der Waals surface area contributed by atoms with Crippen molar-refractivity contribution in [1.29, 1.82) is 0 Å². The largest absolute Gasteiger partial charge is 0.493 e. The lowest BCUT2D eigenvalue weighted by molar-refractivity contribution is 0.139. The van der Waals surface area contributed by atoms with Crippen molar-refractivity contribution >= 4 is 12.4 Å². The molecule has 16 heavy (non-hydrogen) atoms. The van der Waals surface area contributed by atoms with Gasteiger partial charge in [0, 0.05) is 5.56 Å². The summed E-state index contributed by atoms with van der Waals surface area (Å²) in [5.74, 6) is -0.355. The molecule has 0 aliphatic carbocycles. The fourth-order valence-corrected chi connectivity index (χ4v) is 1.46. The van der Waals surface area contributed by atoms with Gasteiger partial charge in [0.15, 0.2) is 11.6 Å². The van der Waals surface area contributed by atoms with Crippen LogP contribution in [0.2, 0.25) is 0 Å². The number of benzene rings is 1. The third-order valence-corrected chi connectivity index (χ3v) is 2.39. The number of halogens is 2. The average Bonchev–Trinajstić information content (AvgIpc) is 2.26. The number of ether oxygens (including phenoxy) is 1. The SMILES string of the molecule is CC[C@@H](O)[C@@H](N)c1cccc(F)c1OC.Cl. The van der Waals surface area contributed by atoms with Gasteiger partial charge in [-0.3, -0.25) is 0 Å². The molecule has 0 saturated heterocycles. The first-order valence-electron chi connectivity index (χ1n) is 4.87. The lowest BCUT2D eigenvalue weighted by Gasteiger charge is -2.20. The van der Waals surface area contributed by atoms with Crippen LogP contribution in [-0.2, 0) is 0 Å². The van der Waals surface area contributed by atoms with E-state index < -0.39 is 18.0 Å². The van der Waals surface area contributed by atoms with E-state index in [1.807, 2.05) is 6.92 Å². The van der Waals surface area contributed by atoms with Gasteiger partial charge in [0.1, 0.15) is 0 Å². The van der Waals surface area contributed by atoms with Crippen molar-refractivity contribution in [3.05, 3.63) is 29.6 Å². The highest BCUT2D eigenvalue weighted by Crippen LogP contribution is 2.28. The van der Waals surface area contributed by atoms with E-state index in [0.717, 1.165) is 0 Å². The van der Waals surface area contributed by atoms with Gasteiger partial charge >= 0.3 is 0 Å². The summed E-state index contributed by atoms with van der Waals surface area (Å²) in [4.78, 5) is 0. The van der Waals surface area contributed by atoms with Crippen LogP contribution in [0, 0.1) is 5.82 Å². The second kappa shape index (κ2) is 6.68. The molecule has 3 N–H and O–H groups in total. The molecule has 1 rings (SSSR count). The highest BCUT2D eigenvalue weighted by molar-refractivity contribution is 5.85. The molecule has 0 amide bonds. The van der Waals surface area contributed by atoms with Crippen LogP contribution in [-0.4, -0.2) is 18.3 Å². The maximum atomic E-state index is 13.3. The highest BCUT2D eigenvalue weighted by Gasteiger charge is 2.20. The Morgan fingerprint density at radius 1 is 1.50 bits per heavy atom. The van der Waals surface area contributed by atoms with Crippen LogP contribution < -0.4 is 10.5 Å². The predicted molar refractivity (Wildman–Crippen MR) is 63.4 cm³/mol. The minimum absolute atomic E-state index is 0. The molecule has 5 heteroatoms. The van der Waals surface area contributed by atoms with Gasteiger partial charge in [0.05, 0.1) is 19.3 Å². The summed E-state index contributed by atoms with van der Waals surface area (Å²) in [5.41, 5.74) is 6.29. The molecule has 0 radical (unpaired) electrons. The van der Waals surface area contributed by atoms with Crippen molar-refractivity contribution in [3.63, 3.8) is 0 Å². The smallest absolute Gasteiger partial charge is 0.165 e. The molecule has 92 valence electrons. The van der Waals surface area contributed by atoms with E-state index >= 15 is 0 Å². The van der Waals surface area contributed by atoms with Crippen LogP contribution in [0.25, 0.3) is 0 Å². The number of aliphatic hydroxyl groups excluding tert-OH is 1. The lowest BCUT2D eigenvalue weighted by Crippen LogP contribution is -2.26. The first-order valence-corrected chi connectivity index (χ1v) is 4.87. The summed E-state index contributed by atoms with van der Waals surface area (Å²) in [5, 5.41) is 9.59. The monoisotopic (exact) mass is 249 g/mol. The van der Waals surface area contributed by atoms with E-state index in [1.165, 1.54) is 13.2 Å². The first kappa shape index (κ1) is 15.2. The minimum atomic E-state index is -0.694. The van der Waals surface area contributed by atoms with Crippen molar-refractivity contribution in [2.75, 3.05) is 7.11 Å². The summed E-state index contributed by atoms with van der Waals surface area (Å²) in [7, 11) is 1.38. The molecule has 0 fully saturated rings. The molecule has 0 unspecified atom stereocenters. The fourth-order valence-electron chi connectivity index (χ4n) is 1.46. The fraction of sp³-hybridized carbons (Fsp3) is 0.455. The maximum Gasteiger partial charge on any atom is 0.165 e. The Balaban J connectivity index is 0.00000225. The van der Waals surface area contributed by atoms with E-state index in [4.69, 9.17) is 10.5 Å². The Kier molecular flexibility index (Phi) is 6.33. The second-order valence-corrected chi connectivity index (χ2v) is 3.36. The van der Waals surface area contributed by atoms with Crippen LogP contribution in [0.15, 0.2) is 18.2 Å². The van der Waals surface area contributed by atoms with Crippen molar-refractivity contribution in [1.82, 2.24) is 0 Å². The van der Waals surface area contributed by atoms with Crippen molar-refractivity contribution < 1.29 is 14.2 Å². The molecule has 0 aliphatic heterocycles. The quantitative estimate of drug-likeness (QED) is 0.859. The van der Waals surface area contributed by atoms with Gasteiger partial charge in [-0.1, -0.05) is 19.1 Å². The van der Waals surface area contributed by atoms with Crippen molar-refractivity contribution in [2.45, 2.75) is 25.5 Å². The van der Waals surface area contributed by atoms with Crippen LogP contribution in [0.5, 0.6) is 5.75 Å². The minimum Gasteiger partial charge on any atom is -0.493 e. The van der Waals surface area contributed by atoms with Gasteiger partial charge in [-0.15, -0.1) is 12.4 Å². The zero-order valence-electron chi connectivity index (χ0n) is 9.31. The summed E-state index contributed by atoms with van der Waals surface area (Å²) < 4.78 is 18.2. The third kappa shape index (κ3) is 3.07. The molecule has 0 aliphatic rings. The number of hydrogen-bond acceptors (Lipinski definition) is 3. The molecule has 2 atom stereocenters. The molecule has 0 saturated carbocycles. The van der Waals surface area contributed by atoms with E-state index in [1.54, 1.807) is 12.1 Å². The van der Waals surface area contributed by atoms with E-state index in [-0.39, 0.29) is 18.2 Å². The molecule has 1 aromatic rings. The summed E-state index contributed by atoms with van der Waals surface area (Å²) >= 11 is 0. The Bertz CT molecular complexity index is 336. The van der Waals surface area contributed by atoms with Crippen LogP contribution in [0.3, 0.4) is 0 Å². The van der Waals surface area contributed by atoms with Gasteiger partial charge in [-0.2, -0.15) is 0 Å². The zero-order chi connectivity index (χ0) is 11.4. The number of methoxy groups -OCH3 is 1. The molecule has 0 heterocycles. The zero-order valence-corrected chi connectivity index (χ0v) is 10.1. The molecule has 3 nitrogen and oxygen atoms in total. The van der Waals surface area contributed by atoms with Gasteiger partial charge in [0.2, 0.25) is 0 Å². The van der Waals surface area contributed by atoms with Crippen molar-refractivity contribution in [3.8, 4) is 5.75 Å². The van der Waals surface area contributed by atoms with Gasteiger partial charge in [0.25, 0.3) is 0 Å². The predicted octanol–water partition coefficient (Wildman–Crippen LogP) is 2.03. The summed E-state index contributed by atoms with van der Waals surface area (Å²) in [6, 6.07) is 3.88. The summed E-state index contributed by atoms with van der Waals surface area (Å²) in [6.07, 6.45) is -0.179. The molecule has 0 aromatic heterocycles. The van der Waals surface area contributed by atoms with Crippen LogP contribution in [0.1, 0.15) is 24.9 Å². The normalized spacial score (nSPS) is 13.8.